The molecule has 5 heteroatoms. The van der Waals surface area contributed by atoms with Gasteiger partial charge in [0.15, 0.2) is 5.82 Å². The molecule has 1 aromatic heterocycles. The molecule has 19 heavy (non-hydrogen) atoms. The zero-order valence-corrected chi connectivity index (χ0v) is 11.7. The molecule has 2 aliphatic rings. The van der Waals surface area contributed by atoms with Crippen molar-refractivity contribution in [2.75, 3.05) is 24.5 Å². The number of hydrogen-bond acceptors (Lipinski definition) is 4. The Kier molecular flexibility index (Phi) is 3.31. The Hall–Kier alpha value is -1.36. The third-order valence-corrected chi connectivity index (χ3v) is 4.30. The molecule has 0 radical (unpaired) electrons. The number of rotatable bonds is 2. The van der Waals surface area contributed by atoms with Crippen LogP contribution in [0.3, 0.4) is 0 Å². The largest absolute Gasteiger partial charge is 0.350 e. The zero-order chi connectivity index (χ0) is 13.4. The van der Waals surface area contributed by atoms with Crippen molar-refractivity contribution in [2.24, 2.45) is 5.92 Å². The van der Waals surface area contributed by atoms with Crippen LogP contribution in [0.15, 0.2) is 17.2 Å². The van der Waals surface area contributed by atoms with E-state index in [1.54, 1.807) is 17.0 Å². The fraction of sp³-hybridized carbons (Fsp3) is 0.714. The Morgan fingerprint density at radius 2 is 2.26 bits per heavy atom. The van der Waals surface area contributed by atoms with Gasteiger partial charge >= 0.3 is 0 Å². The highest BCUT2D eigenvalue weighted by atomic mass is 16.1. The summed E-state index contributed by atoms with van der Waals surface area (Å²) in [6.07, 6.45) is 6.02. The van der Waals surface area contributed by atoms with E-state index in [1.165, 1.54) is 12.8 Å². The number of fused-ring (bicyclic) bond motifs is 1. The smallest absolute Gasteiger partial charge is 0.293 e. The first-order valence-corrected chi connectivity index (χ1v) is 7.22. The van der Waals surface area contributed by atoms with Crippen LogP contribution in [0.5, 0.6) is 0 Å². The van der Waals surface area contributed by atoms with Crippen LogP contribution in [0, 0.1) is 5.92 Å². The van der Waals surface area contributed by atoms with Gasteiger partial charge in [-0.1, -0.05) is 0 Å². The fourth-order valence-electron chi connectivity index (χ4n) is 3.26. The fourth-order valence-corrected chi connectivity index (χ4v) is 3.26. The van der Waals surface area contributed by atoms with Crippen LogP contribution >= 0.6 is 0 Å². The van der Waals surface area contributed by atoms with Crippen LogP contribution < -0.4 is 15.8 Å². The van der Waals surface area contributed by atoms with Crippen molar-refractivity contribution in [1.29, 1.82) is 0 Å². The van der Waals surface area contributed by atoms with E-state index in [0.29, 0.717) is 17.8 Å². The van der Waals surface area contributed by atoms with Crippen LogP contribution in [-0.2, 0) is 0 Å². The summed E-state index contributed by atoms with van der Waals surface area (Å²) in [4.78, 5) is 18.9. The van der Waals surface area contributed by atoms with E-state index in [-0.39, 0.29) is 11.6 Å². The molecule has 0 bridgehead atoms. The van der Waals surface area contributed by atoms with Crippen LogP contribution in [0.2, 0.25) is 0 Å². The van der Waals surface area contributed by atoms with Crippen molar-refractivity contribution in [3.63, 3.8) is 0 Å². The summed E-state index contributed by atoms with van der Waals surface area (Å²) in [5, 5.41) is 3.56. The molecule has 2 atom stereocenters. The Balaban J connectivity index is 1.87. The summed E-state index contributed by atoms with van der Waals surface area (Å²) in [6, 6.07) is 0.708. The molecule has 1 aromatic rings. The van der Waals surface area contributed by atoms with Gasteiger partial charge in [-0.15, -0.1) is 0 Å². The summed E-state index contributed by atoms with van der Waals surface area (Å²) in [5.74, 6) is 1.29. The number of nitrogens with zero attached hydrogens (tertiary/aromatic N) is 3. The summed E-state index contributed by atoms with van der Waals surface area (Å²) in [5.41, 5.74) is 0.0381. The molecule has 2 aliphatic heterocycles. The molecule has 0 saturated carbocycles. The van der Waals surface area contributed by atoms with E-state index in [0.717, 1.165) is 19.6 Å². The average Bonchev–Trinajstić information content (AvgIpc) is 2.82. The second-order valence-electron chi connectivity index (χ2n) is 5.92. The maximum absolute atomic E-state index is 12.4. The maximum atomic E-state index is 12.4. The quantitative estimate of drug-likeness (QED) is 0.864. The van der Waals surface area contributed by atoms with Crippen LogP contribution in [-0.4, -0.2) is 35.2 Å². The lowest BCUT2D eigenvalue weighted by molar-refractivity contribution is 0.340. The van der Waals surface area contributed by atoms with Gasteiger partial charge in [-0.2, -0.15) is 0 Å². The lowest BCUT2D eigenvalue weighted by atomic mass is 9.94. The summed E-state index contributed by atoms with van der Waals surface area (Å²) in [7, 11) is 0. The molecule has 0 spiro atoms. The lowest BCUT2D eigenvalue weighted by Gasteiger charge is -2.24. The average molecular weight is 262 g/mol. The van der Waals surface area contributed by atoms with E-state index in [1.807, 2.05) is 13.8 Å². The topological polar surface area (TPSA) is 50.2 Å². The standard InChI is InChI=1S/C14H22N4O/c1-10(2)18-7-6-16-13(14(18)19)17-8-11-4-3-5-15-12(11)9-17/h6-7,10-12,15H,3-5,8-9H2,1-2H3. The van der Waals surface area contributed by atoms with Gasteiger partial charge in [0.2, 0.25) is 0 Å². The third-order valence-electron chi connectivity index (χ3n) is 4.30. The normalized spacial score (nSPS) is 26.8. The predicted molar refractivity (Wildman–Crippen MR) is 75.6 cm³/mol. The second-order valence-corrected chi connectivity index (χ2v) is 5.92. The molecule has 2 unspecified atom stereocenters. The predicted octanol–water partition coefficient (Wildman–Crippen LogP) is 1.01. The summed E-state index contributed by atoms with van der Waals surface area (Å²) >= 11 is 0. The van der Waals surface area contributed by atoms with Crippen LogP contribution in [0.1, 0.15) is 32.7 Å². The number of nitrogens with one attached hydrogen (secondary N) is 1. The summed E-state index contributed by atoms with van der Waals surface area (Å²) in [6.45, 7) is 7.03. The SMILES string of the molecule is CC(C)n1ccnc(N2CC3CCCNC3C2)c1=O. The maximum Gasteiger partial charge on any atom is 0.293 e. The molecule has 3 rings (SSSR count). The van der Waals surface area contributed by atoms with Gasteiger partial charge in [0.05, 0.1) is 0 Å². The van der Waals surface area contributed by atoms with Crippen molar-refractivity contribution in [2.45, 2.75) is 38.8 Å². The van der Waals surface area contributed by atoms with Gasteiger partial charge in [-0.05, 0) is 39.2 Å². The lowest BCUT2D eigenvalue weighted by Crippen LogP contribution is -2.41. The number of anilines is 1. The highest BCUT2D eigenvalue weighted by molar-refractivity contribution is 5.38. The molecule has 0 aromatic carbocycles. The third kappa shape index (κ3) is 2.27. The van der Waals surface area contributed by atoms with Crippen LogP contribution in [0.4, 0.5) is 5.82 Å². The van der Waals surface area contributed by atoms with Gasteiger partial charge in [0, 0.05) is 37.6 Å². The highest BCUT2D eigenvalue weighted by Gasteiger charge is 2.35. The second kappa shape index (κ2) is 4.96. The van der Waals surface area contributed by atoms with Gasteiger partial charge in [0.1, 0.15) is 0 Å². The van der Waals surface area contributed by atoms with Crippen molar-refractivity contribution in [3.8, 4) is 0 Å². The Morgan fingerprint density at radius 3 is 3.00 bits per heavy atom. The van der Waals surface area contributed by atoms with Crippen molar-refractivity contribution >= 4 is 5.82 Å². The molecule has 5 nitrogen and oxygen atoms in total. The van der Waals surface area contributed by atoms with E-state index in [4.69, 9.17) is 0 Å². The molecule has 104 valence electrons. The van der Waals surface area contributed by atoms with Crippen LogP contribution in [0.25, 0.3) is 0 Å². The first-order valence-electron chi connectivity index (χ1n) is 7.22. The molecule has 2 fully saturated rings. The minimum Gasteiger partial charge on any atom is -0.350 e. The van der Waals surface area contributed by atoms with Gasteiger partial charge < -0.3 is 14.8 Å². The Bertz CT molecular complexity index is 496. The van der Waals surface area contributed by atoms with Gasteiger partial charge in [-0.25, -0.2) is 4.98 Å². The van der Waals surface area contributed by atoms with Crippen molar-refractivity contribution in [3.05, 3.63) is 22.7 Å². The van der Waals surface area contributed by atoms with E-state index < -0.39 is 0 Å². The van der Waals surface area contributed by atoms with E-state index in [2.05, 4.69) is 15.2 Å². The minimum atomic E-state index is 0.0381. The van der Waals surface area contributed by atoms with E-state index >= 15 is 0 Å². The molecule has 1 N–H and O–H groups in total. The Labute approximate surface area is 113 Å². The molecule has 3 heterocycles. The zero-order valence-electron chi connectivity index (χ0n) is 11.7. The molecule has 0 aliphatic carbocycles. The highest BCUT2D eigenvalue weighted by Crippen LogP contribution is 2.26. The number of aromatic nitrogens is 2. The Morgan fingerprint density at radius 1 is 1.42 bits per heavy atom. The van der Waals surface area contributed by atoms with Gasteiger partial charge in [0.25, 0.3) is 5.56 Å². The number of hydrogen-bond donors (Lipinski definition) is 1. The minimum absolute atomic E-state index is 0.0381. The first kappa shape index (κ1) is 12.7. The summed E-state index contributed by atoms with van der Waals surface area (Å²) < 4.78 is 1.76. The molecule has 2 saturated heterocycles. The monoisotopic (exact) mass is 262 g/mol. The van der Waals surface area contributed by atoms with E-state index in [9.17, 15) is 4.79 Å². The van der Waals surface area contributed by atoms with Crippen molar-refractivity contribution in [1.82, 2.24) is 14.9 Å². The van der Waals surface area contributed by atoms with Crippen molar-refractivity contribution < 1.29 is 0 Å². The molecular formula is C14H22N4O. The molecular weight excluding hydrogens is 240 g/mol. The first-order chi connectivity index (χ1) is 9.16. The van der Waals surface area contributed by atoms with Gasteiger partial charge in [-0.3, -0.25) is 4.79 Å². The number of piperidine rings is 1. The molecule has 0 amide bonds.